The summed E-state index contributed by atoms with van der Waals surface area (Å²) in [5.41, 5.74) is 1.34. The first-order chi connectivity index (χ1) is 13.0. The number of hydrogen-bond donors (Lipinski definition) is 1. The molecule has 0 saturated heterocycles. The van der Waals surface area contributed by atoms with Crippen molar-refractivity contribution in [2.24, 2.45) is 0 Å². The summed E-state index contributed by atoms with van der Waals surface area (Å²) in [6.07, 6.45) is 1.85. The van der Waals surface area contributed by atoms with Crippen molar-refractivity contribution in [2.75, 3.05) is 0 Å². The molecule has 3 aromatic rings. The minimum Gasteiger partial charge on any atom is -0.486 e. The van der Waals surface area contributed by atoms with Crippen LogP contribution in [-0.4, -0.2) is 20.8 Å². The highest BCUT2D eigenvalue weighted by Gasteiger charge is 2.23. The van der Waals surface area contributed by atoms with E-state index in [1.165, 1.54) is 12.1 Å². The number of ether oxygens (including phenoxy) is 1. The quantitative estimate of drug-likeness (QED) is 0.687. The highest BCUT2D eigenvalue weighted by Crippen LogP contribution is 2.21. The number of para-hydroxylation sites is 1. The fourth-order valence-corrected chi connectivity index (χ4v) is 2.57. The Morgan fingerprint density at radius 2 is 2.15 bits per heavy atom. The molecule has 142 valence electrons. The zero-order valence-electron chi connectivity index (χ0n) is 15.4. The maximum atomic E-state index is 13.7. The molecule has 1 aromatic carbocycles. The Hall–Kier alpha value is -3.16. The first-order valence-electron chi connectivity index (χ1n) is 8.66. The SMILES string of the molecule is CCn1ccc(C(C)NC(=O)c2noc(C)c2COc2ccccc2F)n1. The van der Waals surface area contributed by atoms with E-state index < -0.39 is 11.7 Å². The summed E-state index contributed by atoms with van der Waals surface area (Å²) in [6, 6.07) is 7.62. The maximum absolute atomic E-state index is 13.7. The van der Waals surface area contributed by atoms with Gasteiger partial charge in [0.2, 0.25) is 0 Å². The highest BCUT2D eigenvalue weighted by molar-refractivity contribution is 5.94. The van der Waals surface area contributed by atoms with Crippen molar-refractivity contribution in [2.45, 2.75) is 40.0 Å². The molecule has 2 aromatic heterocycles. The number of halogens is 1. The van der Waals surface area contributed by atoms with E-state index in [9.17, 15) is 9.18 Å². The van der Waals surface area contributed by atoms with Crippen LogP contribution in [0.25, 0.3) is 0 Å². The molecule has 3 rings (SSSR count). The Kier molecular flexibility index (Phi) is 5.54. The Bertz CT molecular complexity index is 935. The summed E-state index contributed by atoms with van der Waals surface area (Å²) in [5.74, 6) is -0.336. The summed E-state index contributed by atoms with van der Waals surface area (Å²) in [6.45, 7) is 6.22. The fraction of sp³-hybridized carbons (Fsp3) is 0.316. The lowest BCUT2D eigenvalue weighted by Gasteiger charge is -2.11. The monoisotopic (exact) mass is 372 g/mol. The number of hydrogen-bond acceptors (Lipinski definition) is 5. The van der Waals surface area contributed by atoms with Crippen molar-refractivity contribution in [1.29, 1.82) is 0 Å². The number of nitrogens with one attached hydrogen (secondary N) is 1. The lowest BCUT2D eigenvalue weighted by Crippen LogP contribution is -2.28. The minimum atomic E-state index is -0.474. The third kappa shape index (κ3) is 4.16. The summed E-state index contributed by atoms with van der Waals surface area (Å²) in [7, 11) is 0. The molecule has 0 spiro atoms. The molecule has 0 bridgehead atoms. The molecule has 0 saturated carbocycles. The van der Waals surface area contributed by atoms with E-state index in [0.29, 0.717) is 11.3 Å². The number of carbonyl (C=O) groups excluding carboxylic acids is 1. The number of carbonyl (C=O) groups is 1. The Morgan fingerprint density at radius 3 is 2.85 bits per heavy atom. The van der Waals surface area contributed by atoms with Crippen LogP contribution in [0.1, 0.15) is 47.4 Å². The number of nitrogens with zero attached hydrogens (tertiary/aromatic N) is 3. The van der Waals surface area contributed by atoms with E-state index in [1.807, 2.05) is 26.1 Å². The molecular formula is C19H21FN4O3. The molecule has 0 aliphatic heterocycles. The van der Waals surface area contributed by atoms with Gasteiger partial charge < -0.3 is 14.6 Å². The molecule has 0 fully saturated rings. The zero-order valence-corrected chi connectivity index (χ0v) is 15.4. The Balaban J connectivity index is 1.71. The molecular weight excluding hydrogens is 351 g/mol. The van der Waals surface area contributed by atoms with Gasteiger partial charge in [0, 0.05) is 12.7 Å². The average molecular weight is 372 g/mol. The van der Waals surface area contributed by atoms with Gasteiger partial charge in [-0.2, -0.15) is 5.10 Å². The number of rotatable bonds is 7. The average Bonchev–Trinajstić information content (AvgIpc) is 3.28. The van der Waals surface area contributed by atoms with Gasteiger partial charge >= 0.3 is 0 Å². The van der Waals surface area contributed by atoms with E-state index in [1.54, 1.807) is 23.7 Å². The van der Waals surface area contributed by atoms with Gasteiger partial charge in [0.1, 0.15) is 12.4 Å². The predicted octanol–water partition coefficient (Wildman–Crippen LogP) is 3.41. The molecule has 1 unspecified atom stereocenters. The normalized spacial score (nSPS) is 12.0. The van der Waals surface area contributed by atoms with Crippen molar-refractivity contribution in [3.8, 4) is 5.75 Å². The van der Waals surface area contributed by atoms with Gasteiger partial charge in [0.05, 0.1) is 17.3 Å². The molecule has 1 atom stereocenters. The Labute approximate surface area is 156 Å². The van der Waals surface area contributed by atoms with Crippen LogP contribution in [0.3, 0.4) is 0 Å². The topological polar surface area (TPSA) is 82.2 Å². The molecule has 27 heavy (non-hydrogen) atoms. The van der Waals surface area contributed by atoms with Crippen LogP contribution >= 0.6 is 0 Å². The lowest BCUT2D eigenvalue weighted by molar-refractivity contribution is 0.0927. The summed E-state index contributed by atoms with van der Waals surface area (Å²) in [4.78, 5) is 12.6. The van der Waals surface area contributed by atoms with E-state index in [2.05, 4.69) is 15.6 Å². The van der Waals surface area contributed by atoms with Crippen LogP contribution in [0, 0.1) is 12.7 Å². The van der Waals surface area contributed by atoms with Crippen molar-refractivity contribution in [3.05, 3.63) is 65.1 Å². The van der Waals surface area contributed by atoms with Gasteiger partial charge in [-0.25, -0.2) is 4.39 Å². The highest BCUT2D eigenvalue weighted by atomic mass is 19.1. The van der Waals surface area contributed by atoms with Gasteiger partial charge in [-0.05, 0) is 39.0 Å². The van der Waals surface area contributed by atoms with Crippen LogP contribution in [-0.2, 0) is 13.2 Å². The number of aromatic nitrogens is 3. The van der Waals surface area contributed by atoms with Crippen molar-refractivity contribution in [1.82, 2.24) is 20.3 Å². The second kappa shape index (κ2) is 8.03. The molecule has 1 N–H and O–H groups in total. The minimum absolute atomic E-state index is 0.0299. The molecule has 2 heterocycles. The molecule has 1 amide bonds. The third-order valence-corrected chi connectivity index (χ3v) is 4.18. The lowest BCUT2D eigenvalue weighted by atomic mass is 10.1. The van der Waals surface area contributed by atoms with Gasteiger partial charge in [-0.3, -0.25) is 9.48 Å². The van der Waals surface area contributed by atoms with Crippen molar-refractivity contribution >= 4 is 5.91 Å². The van der Waals surface area contributed by atoms with Crippen LogP contribution in [0.15, 0.2) is 41.1 Å². The van der Waals surface area contributed by atoms with Crippen LogP contribution in [0.2, 0.25) is 0 Å². The number of benzene rings is 1. The van der Waals surface area contributed by atoms with Crippen LogP contribution < -0.4 is 10.1 Å². The maximum Gasteiger partial charge on any atom is 0.274 e. The predicted molar refractivity (Wildman–Crippen MR) is 95.8 cm³/mol. The molecule has 0 radical (unpaired) electrons. The van der Waals surface area contributed by atoms with E-state index in [4.69, 9.17) is 9.26 Å². The smallest absolute Gasteiger partial charge is 0.274 e. The zero-order chi connectivity index (χ0) is 19.4. The first kappa shape index (κ1) is 18.6. The van der Waals surface area contributed by atoms with E-state index in [-0.39, 0.29) is 24.1 Å². The van der Waals surface area contributed by atoms with Gasteiger partial charge in [0.25, 0.3) is 5.91 Å². The van der Waals surface area contributed by atoms with E-state index in [0.717, 1.165) is 12.2 Å². The largest absolute Gasteiger partial charge is 0.486 e. The molecule has 8 heteroatoms. The van der Waals surface area contributed by atoms with E-state index >= 15 is 0 Å². The van der Waals surface area contributed by atoms with Gasteiger partial charge in [0.15, 0.2) is 17.3 Å². The Morgan fingerprint density at radius 1 is 1.37 bits per heavy atom. The van der Waals surface area contributed by atoms with Crippen LogP contribution in [0.4, 0.5) is 4.39 Å². The molecule has 0 aliphatic carbocycles. The second-order valence-electron chi connectivity index (χ2n) is 6.08. The van der Waals surface area contributed by atoms with Gasteiger partial charge in [-0.1, -0.05) is 17.3 Å². The summed E-state index contributed by atoms with van der Waals surface area (Å²) >= 11 is 0. The van der Waals surface area contributed by atoms with Crippen molar-refractivity contribution < 1.29 is 18.4 Å². The van der Waals surface area contributed by atoms with Gasteiger partial charge in [-0.15, -0.1) is 0 Å². The van der Waals surface area contributed by atoms with Crippen LogP contribution in [0.5, 0.6) is 5.75 Å². The third-order valence-electron chi connectivity index (χ3n) is 4.18. The molecule has 0 aliphatic rings. The first-order valence-corrected chi connectivity index (χ1v) is 8.66. The molecule has 7 nitrogen and oxygen atoms in total. The fourth-order valence-electron chi connectivity index (χ4n) is 2.57. The number of aryl methyl sites for hydroxylation is 2. The standard InChI is InChI=1S/C19H21FN4O3/c1-4-24-10-9-16(22-24)12(2)21-19(25)18-14(13(3)27-23-18)11-26-17-8-6-5-7-15(17)20/h5-10,12H,4,11H2,1-3H3,(H,21,25). The second-order valence-corrected chi connectivity index (χ2v) is 6.08. The summed E-state index contributed by atoms with van der Waals surface area (Å²) < 4.78 is 26.1. The summed E-state index contributed by atoms with van der Waals surface area (Å²) in [5, 5.41) is 11.1. The number of amides is 1. The van der Waals surface area contributed by atoms with Crippen molar-refractivity contribution in [3.63, 3.8) is 0 Å².